The van der Waals surface area contributed by atoms with Crippen LogP contribution in [0, 0.1) is 0 Å². The van der Waals surface area contributed by atoms with Gasteiger partial charge in [-0.3, -0.25) is 0 Å². The lowest BCUT2D eigenvalue weighted by molar-refractivity contribution is -0.264. The molecule has 0 unspecified atom stereocenters. The van der Waals surface area contributed by atoms with Crippen LogP contribution in [0.15, 0.2) is 0 Å². The summed E-state index contributed by atoms with van der Waals surface area (Å²) in [5.41, 5.74) is 0. The summed E-state index contributed by atoms with van der Waals surface area (Å²) in [5, 5.41) is 0. The highest BCUT2D eigenvalue weighted by atomic mass is 16.7. The van der Waals surface area contributed by atoms with Crippen LogP contribution in [0.3, 0.4) is 0 Å². The number of methoxy groups -OCH3 is 4. The third-order valence-corrected chi connectivity index (χ3v) is 3.09. The number of carbonyl (C=O) groups is 1. The monoisotopic (exact) mass is 354 g/mol. The molecular weight excluding hydrogens is 328 g/mol. The second-order valence-corrected chi connectivity index (χ2v) is 4.82. The van der Waals surface area contributed by atoms with Gasteiger partial charge in [-0.05, 0) is 0 Å². The standard InChI is InChI=1S/C14H26O10/c1-16-6-20-5-10-11(21-7-17-2)12(22-8-18-3)13(14(15)24-10)23-9-19-4/h10-13H,5-9H2,1-4H3/t10-,11-,12+,13-/m1/s1. The fourth-order valence-electron chi connectivity index (χ4n) is 2.16. The molecule has 0 N–H and O–H groups in total. The first kappa shape index (κ1) is 21.2. The second-order valence-electron chi connectivity index (χ2n) is 4.82. The minimum atomic E-state index is -1.03. The molecule has 0 aromatic rings. The van der Waals surface area contributed by atoms with Gasteiger partial charge in [-0.25, -0.2) is 4.79 Å². The lowest BCUT2D eigenvalue weighted by atomic mass is 9.99. The van der Waals surface area contributed by atoms with Crippen molar-refractivity contribution in [3.05, 3.63) is 0 Å². The zero-order valence-corrected chi connectivity index (χ0v) is 14.4. The molecule has 24 heavy (non-hydrogen) atoms. The average Bonchev–Trinajstić information content (AvgIpc) is 2.58. The smallest absolute Gasteiger partial charge is 0.338 e. The first-order valence-corrected chi connectivity index (χ1v) is 7.28. The first-order valence-electron chi connectivity index (χ1n) is 7.28. The van der Waals surface area contributed by atoms with Crippen molar-refractivity contribution >= 4 is 5.97 Å². The highest BCUT2D eigenvalue weighted by Gasteiger charge is 2.48. The normalized spacial score (nSPS) is 27.2. The molecular formula is C14H26O10. The summed E-state index contributed by atoms with van der Waals surface area (Å²) < 4.78 is 46.7. The average molecular weight is 354 g/mol. The van der Waals surface area contributed by atoms with Crippen LogP contribution in [0.5, 0.6) is 0 Å². The van der Waals surface area contributed by atoms with Crippen LogP contribution in [0.1, 0.15) is 0 Å². The van der Waals surface area contributed by atoms with Gasteiger partial charge in [0.15, 0.2) is 12.2 Å². The Kier molecular flexibility index (Phi) is 11.0. The van der Waals surface area contributed by atoms with E-state index in [0.717, 1.165) is 0 Å². The maximum atomic E-state index is 12.2. The zero-order valence-electron chi connectivity index (χ0n) is 14.4. The molecule has 1 fully saturated rings. The number of carbonyl (C=O) groups excluding carboxylic acids is 1. The van der Waals surface area contributed by atoms with Crippen LogP contribution in [0.2, 0.25) is 0 Å². The second kappa shape index (κ2) is 12.5. The highest BCUT2D eigenvalue weighted by Crippen LogP contribution is 2.25. The van der Waals surface area contributed by atoms with Gasteiger partial charge in [-0.1, -0.05) is 0 Å². The molecule has 0 aromatic heterocycles. The zero-order chi connectivity index (χ0) is 17.8. The molecule has 0 amide bonds. The summed E-state index contributed by atoms with van der Waals surface area (Å²) in [6.45, 7) is -0.0550. The number of rotatable bonds is 13. The molecule has 1 rings (SSSR count). The number of esters is 1. The number of hydrogen-bond donors (Lipinski definition) is 0. The van der Waals surface area contributed by atoms with Crippen LogP contribution in [-0.4, -0.2) is 92.6 Å². The Labute approximate surface area is 141 Å². The molecule has 1 heterocycles. The summed E-state index contributed by atoms with van der Waals surface area (Å²) in [5.74, 6) is -0.601. The molecule has 1 aliphatic rings. The van der Waals surface area contributed by atoms with E-state index in [-0.39, 0.29) is 33.8 Å². The SMILES string of the molecule is COCOC[C@H]1OC(=O)[C@H](OCOC)[C@@H](OCOC)[C@@H]1OCOC. The predicted molar refractivity (Wildman–Crippen MR) is 78.0 cm³/mol. The summed E-state index contributed by atoms with van der Waals surface area (Å²) in [6, 6.07) is 0. The van der Waals surface area contributed by atoms with E-state index in [1.165, 1.54) is 28.4 Å². The van der Waals surface area contributed by atoms with Gasteiger partial charge < -0.3 is 42.6 Å². The molecule has 0 aliphatic carbocycles. The lowest BCUT2D eigenvalue weighted by Gasteiger charge is -2.40. The van der Waals surface area contributed by atoms with Crippen molar-refractivity contribution in [2.24, 2.45) is 0 Å². The molecule has 0 aromatic carbocycles. The van der Waals surface area contributed by atoms with Gasteiger partial charge in [0, 0.05) is 28.4 Å². The van der Waals surface area contributed by atoms with Crippen molar-refractivity contribution in [1.82, 2.24) is 0 Å². The van der Waals surface area contributed by atoms with E-state index in [0.29, 0.717) is 0 Å². The van der Waals surface area contributed by atoms with Crippen LogP contribution < -0.4 is 0 Å². The third-order valence-electron chi connectivity index (χ3n) is 3.09. The van der Waals surface area contributed by atoms with Crippen molar-refractivity contribution in [1.29, 1.82) is 0 Å². The molecule has 0 spiro atoms. The molecule has 1 aliphatic heterocycles. The van der Waals surface area contributed by atoms with Gasteiger partial charge >= 0.3 is 5.97 Å². The minimum Gasteiger partial charge on any atom is -0.455 e. The number of ether oxygens (including phenoxy) is 9. The lowest BCUT2D eigenvalue weighted by Crippen LogP contribution is -2.60. The largest absolute Gasteiger partial charge is 0.455 e. The summed E-state index contributed by atoms with van der Waals surface area (Å²) >= 11 is 0. The summed E-state index contributed by atoms with van der Waals surface area (Å²) in [7, 11) is 5.88. The maximum absolute atomic E-state index is 12.2. The van der Waals surface area contributed by atoms with Crippen molar-refractivity contribution < 1.29 is 47.4 Å². The quantitative estimate of drug-likeness (QED) is 0.244. The molecule has 0 saturated carbocycles. The van der Waals surface area contributed by atoms with Crippen molar-refractivity contribution in [3.8, 4) is 0 Å². The topological polar surface area (TPSA) is 100 Å². The van der Waals surface area contributed by atoms with Crippen LogP contribution in [0.25, 0.3) is 0 Å². The molecule has 0 bridgehead atoms. The van der Waals surface area contributed by atoms with Gasteiger partial charge in [-0.15, -0.1) is 0 Å². The Hall–Kier alpha value is -0.850. The van der Waals surface area contributed by atoms with Crippen molar-refractivity contribution in [2.45, 2.75) is 24.4 Å². The molecule has 0 radical (unpaired) electrons. The van der Waals surface area contributed by atoms with Gasteiger partial charge in [0.1, 0.15) is 39.4 Å². The number of hydrogen-bond acceptors (Lipinski definition) is 10. The predicted octanol–water partition coefficient (Wildman–Crippen LogP) is -0.500. The Balaban J connectivity index is 2.87. The van der Waals surface area contributed by atoms with Crippen LogP contribution in [0.4, 0.5) is 0 Å². The van der Waals surface area contributed by atoms with E-state index in [9.17, 15) is 4.79 Å². The molecule has 4 atom stereocenters. The Morgan fingerprint density at radius 2 is 1.33 bits per heavy atom. The van der Waals surface area contributed by atoms with Crippen molar-refractivity contribution in [2.75, 3.05) is 62.2 Å². The van der Waals surface area contributed by atoms with Crippen LogP contribution >= 0.6 is 0 Å². The van der Waals surface area contributed by atoms with E-state index in [2.05, 4.69) is 0 Å². The fourth-order valence-corrected chi connectivity index (χ4v) is 2.16. The van der Waals surface area contributed by atoms with E-state index >= 15 is 0 Å². The summed E-state index contributed by atoms with van der Waals surface area (Å²) in [6.07, 6.45) is -3.21. The van der Waals surface area contributed by atoms with Gasteiger partial charge in [0.05, 0.1) is 6.61 Å². The molecule has 1 saturated heterocycles. The summed E-state index contributed by atoms with van der Waals surface area (Å²) in [4.78, 5) is 12.2. The van der Waals surface area contributed by atoms with Crippen LogP contribution in [-0.2, 0) is 47.4 Å². The van der Waals surface area contributed by atoms with E-state index in [4.69, 9.17) is 42.6 Å². The fraction of sp³-hybridized carbons (Fsp3) is 0.929. The minimum absolute atomic E-state index is 0.0210. The highest BCUT2D eigenvalue weighted by molar-refractivity contribution is 5.77. The molecule has 142 valence electrons. The maximum Gasteiger partial charge on any atom is 0.338 e. The van der Waals surface area contributed by atoms with Gasteiger partial charge in [0.25, 0.3) is 0 Å². The first-order chi connectivity index (χ1) is 11.7. The number of cyclic esters (lactones) is 1. The molecule has 10 nitrogen and oxygen atoms in total. The van der Waals surface area contributed by atoms with E-state index < -0.39 is 30.4 Å². The third kappa shape index (κ3) is 6.57. The molecule has 10 heteroatoms. The van der Waals surface area contributed by atoms with Gasteiger partial charge in [0.2, 0.25) is 0 Å². The van der Waals surface area contributed by atoms with E-state index in [1.54, 1.807) is 0 Å². The Morgan fingerprint density at radius 3 is 1.92 bits per heavy atom. The Bertz CT molecular complexity index is 340. The van der Waals surface area contributed by atoms with Gasteiger partial charge in [-0.2, -0.15) is 0 Å². The van der Waals surface area contributed by atoms with Crippen molar-refractivity contribution in [3.63, 3.8) is 0 Å². The Morgan fingerprint density at radius 1 is 0.792 bits per heavy atom. The van der Waals surface area contributed by atoms with E-state index in [1.807, 2.05) is 0 Å².